The molecule has 2 rings (SSSR count). The van der Waals surface area contributed by atoms with Gasteiger partial charge in [-0.1, -0.05) is 19.1 Å². The summed E-state index contributed by atoms with van der Waals surface area (Å²) < 4.78 is 5.35. The van der Waals surface area contributed by atoms with Crippen LogP contribution in [0.5, 0.6) is 5.75 Å². The highest BCUT2D eigenvalue weighted by atomic mass is 16.5. The first-order valence-corrected chi connectivity index (χ1v) is 6.01. The third-order valence-corrected chi connectivity index (χ3v) is 3.72. The van der Waals surface area contributed by atoms with E-state index in [1.807, 2.05) is 18.2 Å². The summed E-state index contributed by atoms with van der Waals surface area (Å²) in [5.74, 6) is 0.708. The van der Waals surface area contributed by atoms with Crippen LogP contribution in [0.4, 0.5) is 0 Å². The molecule has 0 amide bonds. The summed E-state index contributed by atoms with van der Waals surface area (Å²) in [7, 11) is 1.67. The van der Waals surface area contributed by atoms with Crippen molar-refractivity contribution in [2.75, 3.05) is 7.11 Å². The molecule has 0 heterocycles. The van der Waals surface area contributed by atoms with Crippen molar-refractivity contribution in [3.8, 4) is 5.75 Å². The standard InChI is InChI=1S/C14H18O3/c1-9-6-7-11-10(12(9)8-14(15)16)4-3-5-13(11)17-2/h3-5,9,12H,6-8H2,1-2H3,(H,15,16). The molecule has 0 aromatic heterocycles. The van der Waals surface area contributed by atoms with E-state index in [1.54, 1.807) is 7.11 Å². The van der Waals surface area contributed by atoms with Crippen LogP contribution in [0.3, 0.4) is 0 Å². The van der Waals surface area contributed by atoms with E-state index >= 15 is 0 Å². The molecule has 2 unspecified atom stereocenters. The maximum Gasteiger partial charge on any atom is 0.303 e. The highest BCUT2D eigenvalue weighted by Crippen LogP contribution is 2.41. The lowest BCUT2D eigenvalue weighted by Gasteiger charge is -2.31. The number of carbonyl (C=O) groups is 1. The average molecular weight is 234 g/mol. The number of aliphatic carboxylic acids is 1. The molecule has 3 heteroatoms. The van der Waals surface area contributed by atoms with Gasteiger partial charge >= 0.3 is 5.97 Å². The van der Waals surface area contributed by atoms with Crippen LogP contribution in [0.15, 0.2) is 18.2 Å². The third kappa shape index (κ3) is 2.28. The van der Waals surface area contributed by atoms with E-state index in [-0.39, 0.29) is 12.3 Å². The lowest BCUT2D eigenvalue weighted by atomic mass is 9.74. The minimum Gasteiger partial charge on any atom is -0.496 e. The van der Waals surface area contributed by atoms with Crippen molar-refractivity contribution in [2.45, 2.75) is 32.1 Å². The molecular weight excluding hydrogens is 216 g/mol. The second-order valence-corrected chi connectivity index (χ2v) is 4.75. The Labute approximate surface area is 101 Å². The molecule has 92 valence electrons. The molecule has 0 spiro atoms. The van der Waals surface area contributed by atoms with Crippen molar-refractivity contribution < 1.29 is 14.6 Å². The number of hydrogen-bond acceptors (Lipinski definition) is 2. The largest absolute Gasteiger partial charge is 0.496 e. The highest BCUT2D eigenvalue weighted by molar-refractivity contribution is 5.68. The van der Waals surface area contributed by atoms with Crippen molar-refractivity contribution in [1.29, 1.82) is 0 Å². The number of benzene rings is 1. The van der Waals surface area contributed by atoms with Gasteiger partial charge in [0.2, 0.25) is 0 Å². The van der Waals surface area contributed by atoms with Gasteiger partial charge in [-0.2, -0.15) is 0 Å². The van der Waals surface area contributed by atoms with Gasteiger partial charge in [-0.05, 0) is 41.9 Å². The van der Waals surface area contributed by atoms with Gasteiger partial charge in [0.05, 0.1) is 13.5 Å². The van der Waals surface area contributed by atoms with Crippen molar-refractivity contribution >= 4 is 5.97 Å². The lowest BCUT2D eigenvalue weighted by molar-refractivity contribution is -0.137. The zero-order chi connectivity index (χ0) is 12.4. The summed E-state index contributed by atoms with van der Waals surface area (Å²) >= 11 is 0. The van der Waals surface area contributed by atoms with E-state index in [0.717, 1.165) is 24.2 Å². The Bertz CT molecular complexity index is 425. The van der Waals surface area contributed by atoms with E-state index in [4.69, 9.17) is 9.84 Å². The van der Waals surface area contributed by atoms with Gasteiger partial charge in [0.15, 0.2) is 0 Å². The predicted molar refractivity (Wildman–Crippen MR) is 65.5 cm³/mol. The Morgan fingerprint density at radius 1 is 1.53 bits per heavy atom. The normalized spacial score (nSPS) is 22.9. The molecule has 0 saturated heterocycles. The van der Waals surface area contributed by atoms with Crippen molar-refractivity contribution in [3.05, 3.63) is 29.3 Å². The monoisotopic (exact) mass is 234 g/mol. The first kappa shape index (κ1) is 12.0. The Hall–Kier alpha value is -1.51. The maximum absolute atomic E-state index is 10.9. The Morgan fingerprint density at radius 2 is 2.29 bits per heavy atom. The van der Waals surface area contributed by atoms with Crippen LogP contribution in [0.25, 0.3) is 0 Å². The third-order valence-electron chi connectivity index (χ3n) is 3.72. The topological polar surface area (TPSA) is 46.5 Å². The van der Waals surface area contributed by atoms with Gasteiger partial charge in [0.1, 0.15) is 5.75 Å². The highest BCUT2D eigenvalue weighted by Gasteiger charge is 2.29. The van der Waals surface area contributed by atoms with E-state index < -0.39 is 5.97 Å². The second kappa shape index (κ2) is 4.78. The van der Waals surface area contributed by atoms with Crippen LogP contribution in [0, 0.1) is 5.92 Å². The van der Waals surface area contributed by atoms with Gasteiger partial charge in [-0.25, -0.2) is 0 Å². The van der Waals surface area contributed by atoms with E-state index in [2.05, 4.69) is 6.92 Å². The first-order chi connectivity index (χ1) is 8.13. The summed E-state index contributed by atoms with van der Waals surface area (Å²) in [6, 6.07) is 5.94. The van der Waals surface area contributed by atoms with Crippen LogP contribution < -0.4 is 4.74 Å². The molecule has 1 aliphatic rings. The Morgan fingerprint density at radius 3 is 2.94 bits per heavy atom. The number of carboxylic acids is 1. The van der Waals surface area contributed by atoms with Crippen molar-refractivity contribution in [2.24, 2.45) is 5.92 Å². The molecule has 1 aromatic carbocycles. The second-order valence-electron chi connectivity index (χ2n) is 4.75. The number of methoxy groups -OCH3 is 1. The number of hydrogen-bond donors (Lipinski definition) is 1. The molecule has 0 radical (unpaired) electrons. The van der Waals surface area contributed by atoms with Crippen LogP contribution >= 0.6 is 0 Å². The zero-order valence-electron chi connectivity index (χ0n) is 10.3. The number of rotatable bonds is 3. The van der Waals surface area contributed by atoms with Crippen LogP contribution in [0.2, 0.25) is 0 Å². The van der Waals surface area contributed by atoms with Crippen molar-refractivity contribution in [1.82, 2.24) is 0 Å². The lowest BCUT2D eigenvalue weighted by Crippen LogP contribution is -2.21. The fourth-order valence-corrected chi connectivity index (χ4v) is 2.77. The van der Waals surface area contributed by atoms with E-state index in [1.165, 1.54) is 5.56 Å². The smallest absolute Gasteiger partial charge is 0.303 e. The van der Waals surface area contributed by atoms with Crippen molar-refractivity contribution in [3.63, 3.8) is 0 Å². The molecule has 2 atom stereocenters. The van der Waals surface area contributed by atoms with Gasteiger partial charge in [0.25, 0.3) is 0 Å². The van der Waals surface area contributed by atoms with Crippen LogP contribution in [-0.2, 0) is 11.2 Å². The summed E-state index contributed by atoms with van der Waals surface area (Å²) in [6.07, 6.45) is 2.23. The summed E-state index contributed by atoms with van der Waals surface area (Å²) in [4.78, 5) is 10.9. The molecule has 0 aliphatic heterocycles. The minimum absolute atomic E-state index is 0.117. The summed E-state index contributed by atoms with van der Waals surface area (Å²) in [5.41, 5.74) is 2.35. The molecule has 3 nitrogen and oxygen atoms in total. The molecule has 1 aliphatic carbocycles. The van der Waals surface area contributed by atoms with Gasteiger partial charge in [-0.15, -0.1) is 0 Å². The SMILES string of the molecule is COc1cccc2c1CCC(C)C2CC(=O)O. The number of fused-ring (bicyclic) bond motifs is 1. The maximum atomic E-state index is 10.9. The molecule has 0 bridgehead atoms. The zero-order valence-corrected chi connectivity index (χ0v) is 10.3. The quantitative estimate of drug-likeness (QED) is 0.874. The van der Waals surface area contributed by atoms with Crippen LogP contribution in [0.1, 0.15) is 36.8 Å². The molecule has 0 fully saturated rings. The van der Waals surface area contributed by atoms with Gasteiger partial charge < -0.3 is 9.84 Å². The predicted octanol–water partition coefficient (Wildman–Crippen LogP) is 2.84. The Balaban J connectivity index is 2.40. The van der Waals surface area contributed by atoms with E-state index in [9.17, 15) is 4.79 Å². The first-order valence-electron chi connectivity index (χ1n) is 6.01. The summed E-state index contributed by atoms with van der Waals surface area (Å²) in [6.45, 7) is 2.13. The minimum atomic E-state index is -0.725. The molecule has 17 heavy (non-hydrogen) atoms. The van der Waals surface area contributed by atoms with Gasteiger partial charge in [0, 0.05) is 0 Å². The Kier molecular flexibility index (Phi) is 3.36. The number of carboxylic acid groups (broad SMARTS) is 1. The molecular formula is C14H18O3. The molecule has 1 N–H and O–H groups in total. The summed E-state index contributed by atoms with van der Waals surface area (Å²) in [5, 5.41) is 9.00. The van der Waals surface area contributed by atoms with Gasteiger partial charge in [-0.3, -0.25) is 4.79 Å². The number of ether oxygens (including phenoxy) is 1. The van der Waals surface area contributed by atoms with Crippen LogP contribution in [-0.4, -0.2) is 18.2 Å². The average Bonchev–Trinajstić information content (AvgIpc) is 2.31. The fourth-order valence-electron chi connectivity index (χ4n) is 2.77. The molecule has 1 aromatic rings. The van der Waals surface area contributed by atoms with E-state index in [0.29, 0.717) is 5.92 Å². The molecule has 0 saturated carbocycles. The fraction of sp³-hybridized carbons (Fsp3) is 0.500.